The van der Waals surface area contributed by atoms with Crippen molar-refractivity contribution >= 4 is 11.5 Å². The van der Waals surface area contributed by atoms with Crippen molar-refractivity contribution in [2.24, 2.45) is 10.9 Å². The number of nitrogens with two attached hydrogens (primary N) is 1. The molecule has 0 radical (unpaired) electrons. The molecule has 7 heteroatoms. The number of methoxy groups -OCH3 is 1. The third kappa shape index (κ3) is 3.80. The molecule has 0 aliphatic heterocycles. The van der Waals surface area contributed by atoms with Gasteiger partial charge in [0.2, 0.25) is 0 Å². The number of benzene rings is 1. The lowest BCUT2D eigenvalue weighted by atomic mass is 10.1. The number of hydrogen-bond donors (Lipinski definition) is 3. The Morgan fingerprint density at radius 3 is 2.79 bits per heavy atom. The normalized spacial score (nSPS) is 11.6. The average Bonchev–Trinajstić information content (AvgIpc) is 2.42. The van der Waals surface area contributed by atoms with Crippen LogP contribution >= 0.6 is 0 Å². The van der Waals surface area contributed by atoms with E-state index in [1.807, 2.05) is 0 Å². The van der Waals surface area contributed by atoms with Gasteiger partial charge in [0.05, 0.1) is 24.5 Å². The molecule has 0 saturated heterocycles. The van der Waals surface area contributed by atoms with E-state index in [0.717, 1.165) is 0 Å². The lowest BCUT2D eigenvalue weighted by Crippen LogP contribution is -2.32. The molecule has 0 atom stereocenters. The zero-order valence-corrected chi connectivity index (χ0v) is 10.7. The number of rotatable bonds is 7. The summed E-state index contributed by atoms with van der Waals surface area (Å²) >= 11 is 0. The molecule has 0 unspecified atom stereocenters. The molecule has 106 valence electrons. The molecule has 0 heterocycles. The highest BCUT2D eigenvalue weighted by molar-refractivity contribution is 6.02. The minimum absolute atomic E-state index is 0.00885. The largest absolute Gasteiger partial charge is 0.409 e. The van der Waals surface area contributed by atoms with Crippen molar-refractivity contribution < 1.29 is 19.4 Å². The molecule has 1 rings (SSSR count). The predicted octanol–water partition coefficient (Wildman–Crippen LogP) is 0.365. The summed E-state index contributed by atoms with van der Waals surface area (Å²) in [4.78, 5) is 1.71. The molecule has 1 aromatic rings. The van der Waals surface area contributed by atoms with E-state index in [1.165, 1.54) is 12.1 Å². The monoisotopic (exact) mass is 271 g/mol. The van der Waals surface area contributed by atoms with Gasteiger partial charge in [-0.3, -0.25) is 0 Å². The number of hydrogen-bond acceptors (Lipinski definition) is 5. The van der Waals surface area contributed by atoms with Gasteiger partial charge in [-0.15, -0.1) is 0 Å². The van der Waals surface area contributed by atoms with Gasteiger partial charge in [0.1, 0.15) is 5.82 Å². The smallest absolute Gasteiger partial charge is 0.175 e. The van der Waals surface area contributed by atoms with Crippen molar-refractivity contribution in [2.75, 3.05) is 38.3 Å². The zero-order valence-electron chi connectivity index (χ0n) is 10.7. The minimum Gasteiger partial charge on any atom is -0.409 e. The van der Waals surface area contributed by atoms with E-state index in [1.54, 1.807) is 18.1 Å². The first kappa shape index (κ1) is 15.2. The maximum Gasteiger partial charge on any atom is 0.175 e. The summed E-state index contributed by atoms with van der Waals surface area (Å²) in [5, 5.41) is 20.6. The molecular weight excluding hydrogens is 253 g/mol. The molecule has 0 aliphatic rings. The van der Waals surface area contributed by atoms with E-state index >= 15 is 0 Å². The third-order valence-corrected chi connectivity index (χ3v) is 2.63. The summed E-state index contributed by atoms with van der Waals surface area (Å²) in [5.74, 6) is -0.901. The van der Waals surface area contributed by atoms with Gasteiger partial charge < -0.3 is 25.7 Å². The average molecular weight is 271 g/mol. The van der Waals surface area contributed by atoms with Gasteiger partial charge in [0, 0.05) is 20.2 Å². The van der Waals surface area contributed by atoms with Crippen molar-refractivity contribution in [2.45, 2.75) is 0 Å². The minimum atomic E-state index is -0.590. The molecule has 0 bridgehead atoms. The highest BCUT2D eigenvalue weighted by Crippen LogP contribution is 2.23. The Balaban J connectivity index is 3.17. The van der Waals surface area contributed by atoms with Gasteiger partial charge in [0.15, 0.2) is 5.84 Å². The first-order valence-corrected chi connectivity index (χ1v) is 5.76. The highest BCUT2D eigenvalue weighted by Gasteiger charge is 2.17. The lowest BCUT2D eigenvalue weighted by Gasteiger charge is -2.26. The molecule has 0 aromatic heterocycles. The summed E-state index contributed by atoms with van der Waals surface area (Å²) in [6, 6.07) is 4.39. The van der Waals surface area contributed by atoms with Crippen LogP contribution in [0.4, 0.5) is 10.1 Å². The van der Waals surface area contributed by atoms with Crippen LogP contribution in [0.2, 0.25) is 0 Å². The summed E-state index contributed by atoms with van der Waals surface area (Å²) in [6.45, 7) is 1.05. The maximum absolute atomic E-state index is 13.8. The van der Waals surface area contributed by atoms with Crippen LogP contribution in [-0.4, -0.2) is 49.6 Å². The van der Waals surface area contributed by atoms with Crippen LogP contribution in [0, 0.1) is 5.82 Å². The first-order chi connectivity index (χ1) is 9.15. The number of nitrogens with zero attached hydrogens (tertiary/aromatic N) is 2. The van der Waals surface area contributed by atoms with E-state index in [0.29, 0.717) is 25.4 Å². The Hall–Kier alpha value is -1.86. The summed E-state index contributed by atoms with van der Waals surface area (Å²) in [5.41, 5.74) is 5.95. The second-order valence-electron chi connectivity index (χ2n) is 3.82. The number of amidine groups is 1. The molecule has 4 N–H and O–H groups in total. The van der Waals surface area contributed by atoms with Crippen LogP contribution in [0.5, 0.6) is 0 Å². The third-order valence-electron chi connectivity index (χ3n) is 2.63. The Morgan fingerprint density at radius 2 is 2.21 bits per heavy atom. The lowest BCUT2D eigenvalue weighted by molar-refractivity contribution is 0.203. The molecular formula is C12H18FN3O3. The standard InChI is InChI=1S/C12H18FN3O3/c1-19-8-6-16(5-7-17)10-4-2-3-9(13)11(10)12(14)15-18/h2-4,17-18H,5-8H2,1H3,(H2,14,15). The van der Waals surface area contributed by atoms with E-state index < -0.39 is 5.82 Å². The van der Waals surface area contributed by atoms with Crippen LogP contribution < -0.4 is 10.6 Å². The van der Waals surface area contributed by atoms with Crippen molar-refractivity contribution in [1.82, 2.24) is 0 Å². The molecule has 19 heavy (non-hydrogen) atoms. The van der Waals surface area contributed by atoms with Crippen LogP contribution in [0.15, 0.2) is 23.4 Å². The summed E-state index contributed by atoms with van der Waals surface area (Å²) in [6.07, 6.45) is 0. The van der Waals surface area contributed by atoms with Crippen LogP contribution in [-0.2, 0) is 4.74 Å². The Bertz CT molecular complexity index is 440. The molecule has 6 nitrogen and oxygen atoms in total. The van der Waals surface area contributed by atoms with E-state index in [9.17, 15) is 4.39 Å². The first-order valence-electron chi connectivity index (χ1n) is 5.76. The van der Waals surface area contributed by atoms with Gasteiger partial charge in [0.25, 0.3) is 0 Å². The number of oxime groups is 1. The van der Waals surface area contributed by atoms with Gasteiger partial charge in [-0.25, -0.2) is 4.39 Å². The van der Waals surface area contributed by atoms with Crippen molar-refractivity contribution in [3.63, 3.8) is 0 Å². The quantitative estimate of drug-likeness (QED) is 0.288. The predicted molar refractivity (Wildman–Crippen MR) is 70.1 cm³/mol. The molecule has 0 spiro atoms. The topological polar surface area (TPSA) is 91.3 Å². The van der Waals surface area contributed by atoms with Crippen LogP contribution in [0.25, 0.3) is 0 Å². The fraction of sp³-hybridized carbons (Fsp3) is 0.417. The van der Waals surface area contributed by atoms with E-state index in [4.69, 9.17) is 20.8 Å². The molecule has 0 amide bonds. The molecule has 1 aromatic carbocycles. The summed E-state index contributed by atoms with van der Waals surface area (Å²) in [7, 11) is 1.55. The molecule has 0 aliphatic carbocycles. The number of halogens is 1. The van der Waals surface area contributed by atoms with Crippen molar-refractivity contribution in [1.29, 1.82) is 0 Å². The molecule has 0 saturated carbocycles. The second-order valence-corrected chi connectivity index (χ2v) is 3.82. The fourth-order valence-electron chi connectivity index (χ4n) is 1.75. The van der Waals surface area contributed by atoms with Gasteiger partial charge >= 0.3 is 0 Å². The number of aliphatic hydroxyl groups is 1. The van der Waals surface area contributed by atoms with Crippen molar-refractivity contribution in [3.05, 3.63) is 29.6 Å². The van der Waals surface area contributed by atoms with Gasteiger partial charge in [-0.2, -0.15) is 0 Å². The second kappa shape index (κ2) is 7.55. The summed E-state index contributed by atoms with van der Waals surface area (Å²) < 4.78 is 18.8. The van der Waals surface area contributed by atoms with Crippen LogP contribution in [0.1, 0.15) is 5.56 Å². The zero-order chi connectivity index (χ0) is 14.3. The number of ether oxygens (including phenoxy) is 1. The SMILES string of the molecule is COCCN(CCO)c1cccc(F)c1/C(N)=N/O. The highest BCUT2D eigenvalue weighted by atomic mass is 19.1. The van der Waals surface area contributed by atoms with Crippen molar-refractivity contribution in [3.8, 4) is 0 Å². The Kier molecular flexibility index (Phi) is 6.04. The van der Waals surface area contributed by atoms with Gasteiger partial charge in [-0.1, -0.05) is 11.2 Å². The maximum atomic E-state index is 13.8. The number of aliphatic hydroxyl groups excluding tert-OH is 1. The fourth-order valence-corrected chi connectivity index (χ4v) is 1.75. The Labute approximate surface area is 110 Å². The number of anilines is 1. The van der Waals surface area contributed by atoms with Crippen LogP contribution in [0.3, 0.4) is 0 Å². The van der Waals surface area contributed by atoms with E-state index in [2.05, 4.69) is 5.16 Å². The molecule has 0 fully saturated rings. The van der Waals surface area contributed by atoms with Gasteiger partial charge in [-0.05, 0) is 12.1 Å². The van der Waals surface area contributed by atoms with E-state index in [-0.39, 0.29) is 18.0 Å². The Morgan fingerprint density at radius 1 is 1.47 bits per heavy atom.